The predicted octanol–water partition coefficient (Wildman–Crippen LogP) is 1.16. The van der Waals surface area contributed by atoms with Crippen molar-refractivity contribution in [2.75, 3.05) is 18.1 Å². The molecular formula is C10H11N5. The molecule has 0 aromatic carbocycles. The van der Waals surface area contributed by atoms with Crippen LogP contribution in [0.2, 0.25) is 0 Å². The lowest BCUT2D eigenvalue weighted by molar-refractivity contribution is 1.15. The van der Waals surface area contributed by atoms with E-state index in [1.54, 1.807) is 31.7 Å². The van der Waals surface area contributed by atoms with E-state index >= 15 is 0 Å². The fraction of sp³-hybridized carbons (Fsp3) is 0.100. The van der Waals surface area contributed by atoms with Gasteiger partial charge in [-0.15, -0.1) is 0 Å². The summed E-state index contributed by atoms with van der Waals surface area (Å²) in [7, 11) is 1.78. The summed E-state index contributed by atoms with van der Waals surface area (Å²) < 4.78 is 0. The van der Waals surface area contributed by atoms with Gasteiger partial charge in [-0.2, -0.15) is 0 Å². The molecule has 0 saturated carbocycles. The van der Waals surface area contributed by atoms with E-state index in [0.717, 1.165) is 11.1 Å². The van der Waals surface area contributed by atoms with Gasteiger partial charge in [-0.3, -0.25) is 0 Å². The fourth-order valence-electron chi connectivity index (χ4n) is 1.23. The lowest BCUT2D eigenvalue weighted by Crippen LogP contribution is -1.95. The molecule has 0 unspecified atom stereocenters. The highest BCUT2D eigenvalue weighted by Gasteiger charge is 1.99. The number of nitrogens with one attached hydrogen (secondary N) is 1. The maximum absolute atomic E-state index is 5.59. The van der Waals surface area contributed by atoms with Gasteiger partial charge in [-0.05, 0) is 17.7 Å². The SMILES string of the molecule is CNc1ncc(-c2ccnc(N)c2)cn1. The van der Waals surface area contributed by atoms with Crippen molar-refractivity contribution in [2.45, 2.75) is 0 Å². The summed E-state index contributed by atoms with van der Waals surface area (Å²) in [6, 6.07) is 3.66. The van der Waals surface area contributed by atoms with E-state index in [1.807, 2.05) is 6.07 Å². The van der Waals surface area contributed by atoms with Crippen LogP contribution in [0.25, 0.3) is 11.1 Å². The molecule has 0 aliphatic carbocycles. The topological polar surface area (TPSA) is 76.7 Å². The van der Waals surface area contributed by atoms with E-state index in [-0.39, 0.29) is 0 Å². The first kappa shape index (κ1) is 9.39. The quantitative estimate of drug-likeness (QED) is 0.762. The third-order valence-electron chi connectivity index (χ3n) is 1.99. The number of nitrogen functional groups attached to an aromatic ring is 1. The lowest BCUT2D eigenvalue weighted by atomic mass is 10.1. The first-order valence-electron chi connectivity index (χ1n) is 4.51. The molecule has 3 N–H and O–H groups in total. The molecule has 0 bridgehead atoms. The van der Waals surface area contributed by atoms with Gasteiger partial charge in [0.05, 0.1) is 0 Å². The maximum Gasteiger partial charge on any atom is 0.222 e. The zero-order chi connectivity index (χ0) is 10.7. The number of anilines is 2. The van der Waals surface area contributed by atoms with E-state index in [0.29, 0.717) is 11.8 Å². The number of nitrogens with zero attached hydrogens (tertiary/aromatic N) is 3. The molecule has 0 fully saturated rings. The second kappa shape index (κ2) is 3.91. The number of rotatable bonds is 2. The average Bonchev–Trinajstić information content (AvgIpc) is 2.29. The summed E-state index contributed by atoms with van der Waals surface area (Å²) in [6.07, 6.45) is 5.15. The van der Waals surface area contributed by atoms with Crippen LogP contribution in [0.1, 0.15) is 0 Å². The Morgan fingerprint density at radius 1 is 1.13 bits per heavy atom. The van der Waals surface area contributed by atoms with E-state index in [9.17, 15) is 0 Å². The molecule has 0 aliphatic rings. The molecule has 0 spiro atoms. The van der Waals surface area contributed by atoms with Gasteiger partial charge in [0.2, 0.25) is 5.95 Å². The first-order chi connectivity index (χ1) is 7.29. The van der Waals surface area contributed by atoms with Crippen LogP contribution in [0.5, 0.6) is 0 Å². The third kappa shape index (κ3) is 2.01. The molecule has 0 atom stereocenters. The summed E-state index contributed by atoms with van der Waals surface area (Å²) in [5.74, 6) is 1.09. The molecule has 2 aromatic rings. The van der Waals surface area contributed by atoms with Crippen molar-refractivity contribution in [3.63, 3.8) is 0 Å². The summed E-state index contributed by atoms with van der Waals surface area (Å²) in [6.45, 7) is 0. The van der Waals surface area contributed by atoms with Gasteiger partial charge < -0.3 is 11.1 Å². The average molecular weight is 201 g/mol. The Morgan fingerprint density at radius 3 is 2.47 bits per heavy atom. The Balaban J connectivity index is 2.37. The highest BCUT2D eigenvalue weighted by atomic mass is 15.1. The van der Waals surface area contributed by atoms with Crippen molar-refractivity contribution in [2.24, 2.45) is 0 Å². The van der Waals surface area contributed by atoms with Gasteiger partial charge in [-0.1, -0.05) is 0 Å². The Labute approximate surface area is 87.4 Å². The van der Waals surface area contributed by atoms with E-state index in [4.69, 9.17) is 5.73 Å². The summed E-state index contributed by atoms with van der Waals surface area (Å²) in [5, 5.41) is 2.86. The van der Waals surface area contributed by atoms with Gasteiger partial charge >= 0.3 is 0 Å². The standard InChI is InChI=1S/C10H11N5/c1-12-10-14-5-8(6-15-10)7-2-3-13-9(11)4-7/h2-6H,1H3,(H2,11,13)(H,12,14,15). The number of hydrogen-bond acceptors (Lipinski definition) is 5. The molecule has 2 aromatic heterocycles. The number of nitrogens with two attached hydrogens (primary N) is 1. The van der Waals surface area contributed by atoms with Crippen LogP contribution < -0.4 is 11.1 Å². The molecule has 2 rings (SSSR count). The minimum Gasteiger partial charge on any atom is -0.384 e. The molecule has 0 saturated heterocycles. The Bertz CT molecular complexity index is 452. The van der Waals surface area contributed by atoms with Crippen LogP contribution in [0.3, 0.4) is 0 Å². The van der Waals surface area contributed by atoms with E-state index < -0.39 is 0 Å². The minimum absolute atomic E-state index is 0.491. The van der Waals surface area contributed by atoms with Gasteiger partial charge in [0, 0.05) is 31.2 Å². The van der Waals surface area contributed by atoms with Crippen molar-refractivity contribution in [1.82, 2.24) is 15.0 Å². The van der Waals surface area contributed by atoms with Crippen molar-refractivity contribution in [3.8, 4) is 11.1 Å². The van der Waals surface area contributed by atoms with Crippen LogP contribution in [-0.4, -0.2) is 22.0 Å². The van der Waals surface area contributed by atoms with Crippen LogP contribution in [0.4, 0.5) is 11.8 Å². The van der Waals surface area contributed by atoms with Gasteiger partial charge in [0.1, 0.15) is 5.82 Å². The maximum atomic E-state index is 5.59. The van der Waals surface area contributed by atoms with Crippen molar-refractivity contribution in [3.05, 3.63) is 30.7 Å². The van der Waals surface area contributed by atoms with Crippen molar-refractivity contribution in [1.29, 1.82) is 0 Å². The molecule has 5 heteroatoms. The van der Waals surface area contributed by atoms with Crippen LogP contribution in [-0.2, 0) is 0 Å². The second-order valence-electron chi connectivity index (χ2n) is 3.01. The Kier molecular flexibility index (Phi) is 2.45. The van der Waals surface area contributed by atoms with Crippen molar-refractivity contribution < 1.29 is 0 Å². The Hall–Kier alpha value is -2.17. The molecule has 0 radical (unpaired) electrons. The van der Waals surface area contributed by atoms with E-state index in [1.165, 1.54) is 0 Å². The lowest BCUT2D eigenvalue weighted by Gasteiger charge is -2.02. The molecule has 0 amide bonds. The van der Waals surface area contributed by atoms with Gasteiger partial charge in [0.15, 0.2) is 0 Å². The first-order valence-corrected chi connectivity index (χ1v) is 4.51. The predicted molar refractivity (Wildman–Crippen MR) is 59.2 cm³/mol. The highest BCUT2D eigenvalue weighted by molar-refractivity contribution is 5.64. The zero-order valence-corrected chi connectivity index (χ0v) is 8.31. The molecule has 15 heavy (non-hydrogen) atoms. The highest BCUT2D eigenvalue weighted by Crippen LogP contribution is 2.18. The third-order valence-corrected chi connectivity index (χ3v) is 1.99. The normalized spacial score (nSPS) is 9.93. The molecular weight excluding hydrogens is 190 g/mol. The summed E-state index contributed by atoms with van der Waals surface area (Å²) in [4.78, 5) is 12.2. The molecule has 0 aliphatic heterocycles. The van der Waals surface area contributed by atoms with Crippen LogP contribution in [0, 0.1) is 0 Å². The van der Waals surface area contributed by atoms with Crippen LogP contribution >= 0.6 is 0 Å². The Morgan fingerprint density at radius 2 is 1.87 bits per heavy atom. The monoisotopic (exact) mass is 201 g/mol. The fourth-order valence-corrected chi connectivity index (χ4v) is 1.23. The summed E-state index contributed by atoms with van der Waals surface area (Å²) in [5.41, 5.74) is 7.47. The minimum atomic E-state index is 0.491. The molecule has 76 valence electrons. The smallest absolute Gasteiger partial charge is 0.222 e. The second-order valence-corrected chi connectivity index (χ2v) is 3.01. The number of pyridine rings is 1. The van der Waals surface area contributed by atoms with Gasteiger partial charge in [-0.25, -0.2) is 15.0 Å². The van der Waals surface area contributed by atoms with Gasteiger partial charge in [0.25, 0.3) is 0 Å². The van der Waals surface area contributed by atoms with E-state index in [2.05, 4.69) is 20.3 Å². The van der Waals surface area contributed by atoms with Crippen molar-refractivity contribution >= 4 is 11.8 Å². The number of aromatic nitrogens is 3. The molecule has 2 heterocycles. The summed E-state index contributed by atoms with van der Waals surface area (Å²) >= 11 is 0. The largest absolute Gasteiger partial charge is 0.384 e. The number of hydrogen-bond donors (Lipinski definition) is 2. The molecule has 5 nitrogen and oxygen atoms in total. The van der Waals surface area contributed by atoms with Crippen LogP contribution in [0.15, 0.2) is 30.7 Å². The zero-order valence-electron chi connectivity index (χ0n) is 8.31.